The molecule has 47 heavy (non-hydrogen) atoms. The Labute approximate surface area is 277 Å². The summed E-state index contributed by atoms with van der Waals surface area (Å²) >= 11 is 0. The number of amides is 3. The van der Waals surface area contributed by atoms with Gasteiger partial charge in [-0.25, -0.2) is 0 Å². The smallest absolute Gasteiger partial charge is 0.254 e. The van der Waals surface area contributed by atoms with Crippen molar-refractivity contribution in [3.05, 3.63) is 114 Å². The Morgan fingerprint density at radius 3 is 2.28 bits per heavy atom. The van der Waals surface area contributed by atoms with E-state index in [-0.39, 0.29) is 18.4 Å². The zero-order valence-corrected chi connectivity index (χ0v) is 26.9. The molecule has 0 spiro atoms. The standard InChI is InChI=1S/C40H43N3O4/c1-2-13-34(38(41)44)35(25-27-14-6-7-15-27)39(45)42-37-33-22-9-8-20-31(33)32-21-10-11-23-36(32)43(40(37)46)26-28-16-12-19-30(24-28)47-29-17-4-3-5-18-29/h3-5,8-12,16-24,27,34-35,37H,2,6-7,13-15,25-26H2,1H3,(H2,41,44)(H,42,45)/t34-,35+,37?/m0/s1. The van der Waals surface area contributed by atoms with Gasteiger partial charge in [0.2, 0.25) is 11.8 Å². The summed E-state index contributed by atoms with van der Waals surface area (Å²) < 4.78 is 6.10. The normalized spacial score (nSPS) is 17.3. The Morgan fingerprint density at radius 2 is 1.53 bits per heavy atom. The molecule has 0 aromatic heterocycles. The molecule has 1 heterocycles. The number of ether oxygens (including phenoxy) is 1. The van der Waals surface area contributed by atoms with Gasteiger partial charge in [0.15, 0.2) is 0 Å². The molecule has 4 aromatic rings. The number of carbonyl (C=O) groups excluding carboxylic acids is 3. The lowest BCUT2D eigenvalue weighted by atomic mass is 9.80. The molecule has 1 aliphatic carbocycles. The largest absolute Gasteiger partial charge is 0.457 e. The Kier molecular flexibility index (Phi) is 10.0. The number of anilines is 1. The summed E-state index contributed by atoms with van der Waals surface area (Å²) in [7, 11) is 0. The SMILES string of the molecule is CCC[C@H](C(N)=O)[C@@H](CC1CCCC1)C(=O)NC1C(=O)N(Cc2cccc(Oc3ccccc3)c2)c2ccccc2-c2ccccc21. The topological polar surface area (TPSA) is 102 Å². The number of rotatable bonds is 12. The van der Waals surface area contributed by atoms with Crippen LogP contribution in [-0.4, -0.2) is 17.7 Å². The van der Waals surface area contributed by atoms with Crippen molar-refractivity contribution >= 4 is 23.4 Å². The highest BCUT2D eigenvalue weighted by molar-refractivity contribution is 6.06. The zero-order valence-electron chi connectivity index (χ0n) is 26.9. The molecule has 0 saturated heterocycles. The van der Waals surface area contributed by atoms with Crippen LogP contribution in [-0.2, 0) is 20.9 Å². The van der Waals surface area contributed by atoms with Gasteiger partial charge in [0.25, 0.3) is 5.91 Å². The van der Waals surface area contributed by atoms with Gasteiger partial charge in [-0.05, 0) is 65.8 Å². The van der Waals surface area contributed by atoms with Crippen LogP contribution in [0.3, 0.4) is 0 Å². The van der Waals surface area contributed by atoms with E-state index >= 15 is 0 Å². The van der Waals surface area contributed by atoms with Gasteiger partial charge in [0.05, 0.1) is 12.2 Å². The molecular formula is C40H43N3O4. The van der Waals surface area contributed by atoms with Gasteiger partial charge in [0.1, 0.15) is 17.5 Å². The van der Waals surface area contributed by atoms with E-state index in [1.807, 2.05) is 110 Å². The zero-order chi connectivity index (χ0) is 32.8. The third-order valence-electron chi connectivity index (χ3n) is 9.62. The summed E-state index contributed by atoms with van der Waals surface area (Å²) in [6, 6.07) is 32.0. The molecule has 1 unspecified atom stereocenters. The molecule has 6 rings (SSSR count). The first kappa shape index (κ1) is 32.0. The number of primary amides is 1. The molecule has 2 aliphatic rings. The maximum atomic E-state index is 14.8. The van der Waals surface area contributed by atoms with Crippen molar-refractivity contribution < 1.29 is 19.1 Å². The third kappa shape index (κ3) is 7.25. The molecule has 1 fully saturated rings. The van der Waals surface area contributed by atoms with Crippen LogP contribution in [0.15, 0.2) is 103 Å². The molecule has 0 bridgehead atoms. The number of fused-ring (bicyclic) bond motifs is 3. The van der Waals surface area contributed by atoms with Crippen molar-refractivity contribution in [1.29, 1.82) is 0 Å². The fourth-order valence-electron chi connectivity index (χ4n) is 7.32. The first-order valence-corrected chi connectivity index (χ1v) is 16.8. The van der Waals surface area contributed by atoms with E-state index in [0.717, 1.165) is 65.8 Å². The Hall–Kier alpha value is -4.91. The summed E-state index contributed by atoms with van der Waals surface area (Å²) in [5, 5.41) is 3.16. The Bertz CT molecular complexity index is 1720. The first-order chi connectivity index (χ1) is 22.9. The molecule has 7 nitrogen and oxygen atoms in total. The second-order valence-electron chi connectivity index (χ2n) is 12.8. The fourth-order valence-corrected chi connectivity index (χ4v) is 7.32. The monoisotopic (exact) mass is 629 g/mol. The van der Waals surface area contributed by atoms with Gasteiger partial charge in [-0.2, -0.15) is 0 Å². The Balaban J connectivity index is 1.35. The quantitative estimate of drug-likeness (QED) is 0.166. The minimum absolute atomic E-state index is 0.240. The molecular weight excluding hydrogens is 586 g/mol. The van der Waals surface area contributed by atoms with Crippen molar-refractivity contribution in [1.82, 2.24) is 5.32 Å². The molecule has 3 N–H and O–H groups in total. The molecule has 0 radical (unpaired) electrons. The van der Waals surface area contributed by atoms with Crippen molar-refractivity contribution in [3.8, 4) is 22.6 Å². The predicted octanol–water partition coefficient (Wildman–Crippen LogP) is 7.95. The maximum Gasteiger partial charge on any atom is 0.254 e. The van der Waals surface area contributed by atoms with Gasteiger partial charge in [-0.3, -0.25) is 14.4 Å². The fraction of sp³-hybridized carbons (Fsp3) is 0.325. The highest BCUT2D eigenvalue weighted by Gasteiger charge is 2.39. The van der Waals surface area contributed by atoms with Crippen LogP contribution in [0.4, 0.5) is 5.69 Å². The number of nitrogens with one attached hydrogen (secondary N) is 1. The van der Waals surface area contributed by atoms with Crippen LogP contribution in [0, 0.1) is 17.8 Å². The van der Waals surface area contributed by atoms with Gasteiger partial charge >= 0.3 is 0 Å². The van der Waals surface area contributed by atoms with E-state index in [1.165, 1.54) is 0 Å². The molecule has 3 atom stereocenters. The number of para-hydroxylation sites is 2. The molecule has 7 heteroatoms. The van der Waals surface area contributed by atoms with Crippen molar-refractivity contribution in [2.24, 2.45) is 23.5 Å². The highest BCUT2D eigenvalue weighted by Crippen LogP contribution is 2.42. The van der Waals surface area contributed by atoms with Gasteiger partial charge in [-0.15, -0.1) is 0 Å². The highest BCUT2D eigenvalue weighted by atomic mass is 16.5. The van der Waals surface area contributed by atoms with Crippen molar-refractivity contribution in [2.45, 2.75) is 64.5 Å². The summed E-state index contributed by atoms with van der Waals surface area (Å²) in [4.78, 5) is 43.6. The van der Waals surface area contributed by atoms with E-state index in [4.69, 9.17) is 10.5 Å². The maximum absolute atomic E-state index is 14.8. The first-order valence-electron chi connectivity index (χ1n) is 16.8. The average molecular weight is 630 g/mol. The Morgan fingerprint density at radius 1 is 0.851 bits per heavy atom. The van der Waals surface area contributed by atoms with E-state index < -0.39 is 23.8 Å². The van der Waals surface area contributed by atoms with E-state index in [9.17, 15) is 14.4 Å². The molecule has 1 saturated carbocycles. The number of hydrogen-bond donors (Lipinski definition) is 2. The van der Waals surface area contributed by atoms with Gasteiger partial charge in [0, 0.05) is 17.4 Å². The summed E-state index contributed by atoms with van der Waals surface area (Å²) in [6.45, 7) is 2.27. The molecule has 4 aromatic carbocycles. The van der Waals surface area contributed by atoms with Gasteiger partial charge in [-0.1, -0.05) is 112 Å². The lowest BCUT2D eigenvalue weighted by molar-refractivity contribution is -0.136. The number of hydrogen-bond acceptors (Lipinski definition) is 4. The number of nitrogens with two attached hydrogens (primary N) is 1. The molecule has 3 amide bonds. The summed E-state index contributed by atoms with van der Waals surface area (Å²) in [6.07, 6.45) is 6.23. The van der Waals surface area contributed by atoms with E-state index in [0.29, 0.717) is 24.5 Å². The van der Waals surface area contributed by atoms with Crippen LogP contribution in [0.2, 0.25) is 0 Å². The molecule has 242 valence electrons. The molecule has 1 aliphatic heterocycles. The van der Waals surface area contributed by atoms with Crippen LogP contribution in [0.5, 0.6) is 11.5 Å². The average Bonchev–Trinajstić information content (AvgIpc) is 3.58. The minimum Gasteiger partial charge on any atom is -0.457 e. The van der Waals surface area contributed by atoms with E-state index in [2.05, 4.69) is 5.32 Å². The summed E-state index contributed by atoms with van der Waals surface area (Å²) in [5.41, 5.74) is 10.1. The second-order valence-corrected chi connectivity index (χ2v) is 12.8. The number of carbonyl (C=O) groups is 3. The van der Waals surface area contributed by atoms with Crippen LogP contribution in [0.25, 0.3) is 11.1 Å². The second kappa shape index (κ2) is 14.7. The van der Waals surface area contributed by atoms with Crippen LogP contribution < -0.4 is 20.7 Å². The van der Waals surface area contributed by atoms with Crippen molar-refractivity contribution in [3.63, 3.8) is 0 Å². The van der Waals surface area contributed by atoms with Gasteiger partial charge < -0.3 is 20.7 Å². The number of benzene rings is 4. The summed E-state index contributed by atoms with van der Waals surface area (Å²) in [5.74, 6) is -0.401. The minimum atomic E-state index is -0.948. The lowest BCUT2D eigenvalue weighted by Gasteiger charge is -2.30. The number of nitrogens with zero attached hydrogens (tertiary/aromatic N) is 1. The third-order valence-corrected chi connectivity index (χ3v) is 9.62. The van der Waals surface area contributed by atoms with Crippen LogP contribution >= 0.6 is 0 Å². The predicted molar refractivity (Wildman–Crippen MR) is 185 cm³/mol. The lowest BCUT2D eigenvalue weighted by Crippen LogP contribution is -2.47. The van der Waals surface area contributed by atoms with Crippen molar-refractivity contribution in [2.75, 3.05) is 4.90 Å². The van der Waals surface area contributed by atoms with Crippen LogP contribution in [0.1, 0.15) is 69.0 Å². The van der Waals surface area contributed by atoms with E-state index in [1.54, 1.807) is 4.90 Å².